The van der Waals surface area contributed by atoms with Crippen molar-refractivity contribution in [1.29, 1.82) is 0 Å². The number of morpholine rings is 1. The molecule has 7 nitrogen and oxygen atoms in total. The summed E-state index contributed by atoms with van der Waals surface area (Å²) in [6.07, 6.45) is 3.79. The first-order valence-electron chi connectivity index (χ1n) is 9.52. The standard InChI is InChI=1S/C20H26N2O5/c1-13-11-22(12-17(27-13)20(25)26)19(24)15-8-5-9-16(10-15)21-18(23)14-6-3-2-4-7-14/h5,8-10,13-14,17H,2-4,6-7,11-12H2,1H3,(H,21,23)(H,25,26)/t13-,17?/m1/s1. The van der Waals surface area contributed by atoms with Gasteiger partial charge in [-0.1, -0.05) is 25.3 Å². The number of hydrogen-bond acceptors (Lipinski definition) is 4. The lowest BCUT2D eigenvalue weighted by atomic mass is 9.88. The molecule has 2 N–H and O–H groups in total. The quantitative estimate of drug-likeness (QED) is 0.844. The Bertz CT molecular complexity index is 714. The maximum atomic E-state index is 12.8. The normalized spacial score (nSPS) is 23.7. The number of anilines is 1. The molecule has 1 aromatic carbocycles. The Morgan fingerprint density at radius 1 is 1.15 bits per heavy atom. The summed E-state index contributed by atoms with van der Waals surface area (Å²) in [6.45, 7) is 2.09. The molecule has 0 radical (unpaired) electrons. The van der Waals surface area contributed by atoms with Gasteiger partial charge in [-0.3, -0.25) is 9.59 Å². The topological polar surface area (TPSA) is 95.9 Å². The lowest BCUT2D eigenvalue weighted by Crippen LogP contribution is -2.51. The Kier molecular flexibility index (Phi) is 6.11. The van der Waals surface area contributed by atoms with E-state index in [1.54, 1.807) is 31.2 Å². The van der Waals surface area contributed by atoms with E-state index in [4.69, 9.17) is 4.74 Å². The van der Waals surface area contributed by atoms with Crippen LogP contribution in [-0.2, 0) is 14.3 Å². The van der Waals surface area contributed by atoms with Crippen LogP contribution < -0.4 is 5.32 Å². The SMILES string of the molecule is C[C@@H]1CN(C(=O)c2cccc(NC(=O)C3CCCCC3)c2)CC(C(=O)O)O1. The van der Waals surface area contributed by atoms with Crippen molar-refractivity contribution >= 4 is 23.5 Å². The third-order valence-electron chi connectivity index (χ3n) is 5.18. The van der Waals surface area contributed by atoms with Gasteiger partial charge in [0, 0.05) is 23.7 Å². The number of carboxylic acids is 1. The molecule has 3 rings (SSSR count). The molecule has 0 spiro atoms. The molecule has 2 aliphatic rings. The smallest absolute Gasteiger partial charge is 0.334 e. The van der Waals surface area contributed by atoms with Crippen LogP contribution in [0.3, 0.4) is 0 Å². The number of carbonyl (C=O) groups excluding carboxylic acids is 2. The van der Waals surface area contributed by atoms with Crippen LogP contribution in [0.5, 0.6) is 0 Å². The van der Waals surface area contributed by atoms with Crippen LogP contribution >= 0.6 is 0 Å². The first-order chi connectivity index (χ1) is 12.9. The number of hydrogen-bond donors (Lipinski definition) is 2. The fourth-order valence-corrected chi connectivity index (χ4v) is 3.78. The van der Waals surface area contributed by atoms with Crippen molar-refractivity contribution in [2.24, 2.45) is 5.92 Å². The number of benzene rings is 1. The van der Waals surface area contributed by atoms with Crippen molar-refractivity contribution in [3.8, 4) is 0 Å². The molecule has 2 fully saturated rings. The third kappa shape index (κ3) is 4.86. The molecular formula is C20H26N2O5. The molecule has 1 saturated heterocycles. The lowest BCUT2D eigenvalue weighted by molar-refractivity contribution is -0.160. The Hall–Kier alpha value is -2.41. The average Bonchev–Trinajstić information content (AvgIpc) is 2.67. The first kappa shape index (κ1) is 19.4. The minimum absolute atomic E-state index is 0.00485. The second-order valence-electron chi connectivity index (χ2n) is 7.39. The van der Waals surface area contributed by atoms with E-state index in [0.29, 0.717) is 17.8 Å². The number of amides is 2. The average molecular weight is 374 g/mol. The molecule has 1 aliphatic carbocycles. The van der Waals surface area contributed by atoms with E-state index >= 15 is 0 Å². The summed E-state index contributed by atoms with van der Waals surface area (Å²) in [5.41, 5.74) is 1.02. The number of nitrogens with one attached hydrogen (secondary N) is 1. The predicted octanol–water partition coefficient (Wildman–Crippen LogP) is 2.52. The van der Waals surface area contributed by atoms with Gasteiger partial charge >= 0.3 is 5.97 Å². The Morgan fingerprint density at radius 3 is 2.59 bits per heavy atom. The fourth-order valence-electron chi connectivity index (χ4n) is 3.78. The highest BCUT2D eigenvalue weighted by Gasteiger charge is 2.33. The molecule has 1 aromatic rings. The second kappa shape index (κ2) is 8.52. The molecule has 1 saturated carbocycles. The van der Waals surface area contributed by atoms with Crippen LogP contribution in [0.1, 0.15) is 49.4 Å². The van der Waals surface area contributed by atoms with E-state index in [-0.39, 0.29) is 30.4 Å². The predicted molar refractivity (Wildman–Crippen MR) is 99.5 cm³/mol. The van der Waals surface area contributed by atoms with Crippen molar-refractivity contribution in [2.45, 2.75) is 51.2 Å². The Balaban J connectivity index is 1.68. The third-order valence-corrected chi connectivity index (χ3v) is 5.18. The van der Waals surface area contributed by atoms with Crippen molar-refractivity contribution in [3.05, 3.63) is 29.8 Å². The van der Waals surface area contributed by atoms with Crippen molar-refractivity contribution < 1.29 is 24.2 Å². The van der Waals surface area contributed by atoms with E-state index in [0.717, 1.165) is 25.7 Å². The van der Waals surface area contributed by atoms with Gasteiger partial charge in [0.2, 0.25) is 5.91 Å². The highest BCUT2D eigenvalue weighted by atomic mass is 16.5. The van der Waals surface area contributed by atoms with Gasteiger partial charge in [-0.15, -0.1) is 0 Å². The van der Waals surface area contributed by atoms with Crippen LogP contribution in [0.25, 0.3) is 0 Å². The van der Waals surface area contributed by atoms with Gasteiger partial charge in [0.05, 0.1) is 12.6 Å². The van der Waals surface area contributed by atoms with Gasteiger partial charge < -0.3 is 20.1 Å². The highest BCUT2D eigenvalue weighted by molar-refractivity contribution is 5.98. The Labute approximate surface area is 158 Å². The minimum atomic E-state index is -1.08. The molecule has 1 unspecified atom stereocenters. The van der Waals surface area contributed by atoms with E-state index < -0.39 is 12.1 Å². The van der Waals surface area contributed by atoms with Gasteiger partial charge in [0.15, 0.2) is 6.10 Å². The summed E-state index contributed by atoms with van der Waals surface area (Å²) in [4.78, 5) is 38.0. The molecule has 7 heteroatoms. The number of rotatable bonds is 4. The van der Waals surface area contributed by atoms with Gasteiger partial charge in [0.25, 0.3) is 5.91 Å². The molecule has 1 heterocycles. The number of ether oxygens (including phenoxy) is 1. The van der Waals surface area contributed by atoms with Gasteiger partial charge in [-0.05, 0) is 38.0 Å². The van der Waals surface area contributed by atoms with E-state index in [1.807, 2.05) is 0 Å². The second-order valence-corrected chi connectivity index (χ2v) is 7.39. The summed E-state index contributed by atoms with van der Waals surface area (Å²) in [5, 5.41) is 12.1. The van der Waals surface area contributed by atoms with Crippen LogP contribution in [0.15, 0.2) is 24.3 Å². The highest BCUT2D eigenvalue weighted by Crippen LogP contribution is 2.25. The van der Waals surface area contributed by atoms with Crippen molar-refractivity contribution in [1.82, 2.24) is 4.90 Å². The van der Waals surface area contributed by atoms with Crippen LogP contribution in [-0.4, -0.2) is 53.1 Å². The molecular weight excluding hydrogens is 348 g/mol. The molecule has 2 atom stereocenters. The van der Waals surface area contributed by atoms with E-state index in [9.17, 15) is 19.5 Å². The van der Waals surface area contributed by atoms with Crippen molar-refractivity contribution in [3.63, 3.8) is 0 Å². The molecule has 0 bridgehead atoms. The molecule has 1 aliphatic heterocycles. The maximum Gasteiger partial charge on any atom is 0.334 e. The molecule has 2 amide bonds. The zero-order valence-electron chi connectivity index (χ0n) is 15.5. The van der Waals surface area contributed by atoms with E-state index in [2.05, 4.69) is 5.32 Å². The minimum Gasteiger partial charge on any atom is -0.479 e. The van der Waals surface area contributed by atoms with E-state index in [1.165, 1.54) is 11.3 Å². The summed E-state index contributed by atoms with van der Waals surface area (Å²) in [6, 6.07) is 6.81. The van der Waals surface area contributed by atoms with Gasteiger partial charge in [-0.25, -0.2) is 4.79 Å². The van der Waals surface area contributed by atoms with Crippen LogP contribution in [0.2, 0.25) is 0 Å². The molecule has 27 heavy (non-hydrogen) atoms. The zero-order valence-corrected chi connectivity index (χ0v) is 15.5. The number of carbonyl (C=O) groups is 3. The van der Waals surface area contributed by atoms with Gasteiger partial charge in [0.1, 0.15) is 0 Å². The number of carboxylic acid groups (broad SMARTS) is 1. The first-order valence-corrected chi connectivity index (χ1v) is 9.52. The van der Waals surface area contributed by atoms with Gasteiger partial charge in [-0.2, -0.15) is 0 Å². The number of nitrogens with zero attached hydrogens (tertiary/aromatic N) is 1. The summed E-state index contributed by atoms with van der Waals surface area (Å²) in [7, 11) is 0. The summed E-state index contributed by atoms with van der Waals surface area (Å²) < 4.78 is 5.36. The Morgan fingerprint density at radius 2 is 1.89 bits per heavy atom. The lowest BCUT2D eigenvalue weighted by Gasteiger charge is -2.35. The summed E-state index contributed by atoms with van der Waals surface area (Å²) >= 11 is 0. The molecule has 0 aromatic heterocycles. The monoisotopic (exact) mass is 374 g/mol. The number of aliphatic carboxylic acids is 1. The zero-order chi connectivity index (χ0) is 19.4. The largest absolute Gasteiger partial charge is 0.479 e. The van der Waals surface area contributed by atoms with Crippen LogP contribution in [0, 0.1) is 5.92 Å². The summed E-state index contributed by atoms with van der Waals surface area (Å²) in [5.74, 6) is -1.29. The fraction of sp³-hybridized carbons (Fsp3) is 0.550. The van der Waals surface area contributed by atoms with Crippen molar-refractivity contribution in [2.75, 3.05) is 18.4 Å². The van der Waals surface area contributed by atoms with Crippen LogP contribution in [0.4, 0.5) is 5.69 Å². The molecule has 146 valence electrons. The maximum absolute atomic E-state index is 12.8.